The van der Waals surface area contributed by atoms with Gasteiger partial charge in [-0.2, -0.15) is 0 Å². The van der Waals surface area contributed by atoms with Gasteiger partial charge in [0, 0.05) is 0 Å². The van der Waals surface area contributed by atoms with Crippen LogP contribution in [0, 0.1) is 6.57 Å². The van der Waals surface area contributed by atoms with Crippen LogP contribution in [-0.2, 0) is 9.47 Å². The summed E-state index contributed by atoms with van der Waals surface area (Å²) in [7, 11) is 4.07. The fourth-order valence-electron chi connectivity index (χ4n) is 2.01. The molecule has 0 saturated heterocycles. The summed E-state index contributed by atoms with van der Waals surface area (Å²) in [4.78, 5) is 26.4. The highest BCUT2D eigenvalue weighted by atomic mass is 16.5. The molecule has 5 nitrogen and oxygen atoms in total. The highest BCUT2D eigenvalue weighted by Gasteiger charge is 2.18. The standard InChI is InChI=1S/C16H14O4.C2H3N.C2H6/c1-19-15(17)13-9-5-3-7-11(13)12-8-4-6-10-14(12)16(18)20-2;1-3-2;1-2/h3-10H,1-2H3;1H3;1-2H3. The third-order valence-electron chi connectivity index (χ3n) is 2.95. The summed E-state index contributed by atoms with van der Waals surface area (Å²) in [5.74, 6) is -0.888. The molecule has 0 atom stereocenters. The van der Waals surface area contributed by atoms with Crippen LogP contribution in [0.2, 0.25) is 0 Å². The van der Waals surface area contributed by atoms with E-state index in [4.69, 9.17) is 16.0 Å². The minimum atomic E-state index is -0.444. The number of hydrogen-bond donors (Lipinski definition) is 0. The number of ether oxygens (including phenoxy) is 2. The average Bonchev–Trinajstić information content (AvgIpc) is 2.69. The summed E-state index contributed by atoms with van der Waals surface area (Å²) in [5, 5.41) is 0. The molecule has 5 heteroatoms. The Morgan fingerprint density at radius 2 is 1.08 bits per heavy atom. The molecule has 0 radical (unpaired) electrons. The van der Waals surface area contributed by atoms with E-state index in [-0.39, 0.29) is 0 Å². The predicted molar refractivity (Wildman–Crippen MR) is 98.4 cm³/mol. The minimum absolute atomic E-state index is 0.409. The molecule has 0 saturated carbocycles. The molecule has 0 heterocycles. The lowest BCUT2D eigenvalue weighted by molar-refractivity contribution is 0.0590. The molecule has 25 heavy (non-hydrogen) atoms. The summed E-state index contributed by atoms with van der Waals surface area (Å²) in [5.41, 5.74) is 2.10. The van der Waals surface area contributed by atoms with Crippen LogP contribution in [0.1, 0.15) is 34.6 Å². The van der Waals surface area contributed by atoms with Gasteiger partial charge in [0.2, 0.25) is 7.05 Å². The highest BCUT2D eigenvalue weighted by molar-refractivity contribution is 6.03. The lowest BCUT2D eigenvalue weighted by atomic mass is 9.95. The van der Waals surface area contributed by atoms with Crippen LogP contribution in [0.4, 0.5) is 0 Å². The van der Waals surface area contributed by atoms with E-state index in [0.29, 0.717) is 22.3 Å². The van der Waals surface area contributed by atoms with Crippen molar-refractivity contribution in [3.05, 3.63) is 71.1 Å². The van der Waals surface area contributed by atoms with Crippen LogP contribution < -0.4 is 0 Å². The van der Waals surface area contributed by atoms with Gasteiger partial charge in [0.25, 0.3) is 0 Å². The number of rotatable bonds is 3. The smallest absolute Gasteiger partial charge is 0.338 e. The van der Waals surface area contributed by atoms with Crippen molar-refractivity contribution in [2.45, 2.75) is 13.8 Å². The normalized spacial score (nSPS) is 8.48. The van der Waals surface area contributed by atoms with Crippen molar-refractivity contribution in [2.24, 2.45) is 0 Å². The first-order chi connectivity index (χ1) is 12.1. The van der Waals surface area contributed by atoms with E-state index in [2.05, 4.69) is 4.85 Å². The van der Waals surface area contributed by atoms with E-state index in [1.807, 2.05) is 13.8 Å². The summed E-state index contributed by atoms with van der Waals surface area (Å²) >= 11 is 0. The number of benzene rings is 2. The molecule has 0 aliphatic carbocycles. The Balaban J connectivity index is 0.00000104. The van der Waals surface area contributed by atoms with Gasteiger partial charge in [0.15, 0.2) is 0 Å². The number of esters is 2. The zero-order valence-electron chi connectivity index (χ0n) is 15.2. The van der Waals surface area contributed by atoms with E-state index in [0.717, 1.165) is 0 Å². The number of carbonyl (C=O) groups is 2. The van der Waals surface area contributed by atoms with E-state index < -0.39 is 11.9 Å². The molecule has 0 unspecified atom stereocenters. The van der Waals surface area contributed by atoms with Gasteiger partial charge in [0.1, 0.15) is 0 Å². The van der Waals surface area contributed by atoms with Gasteiger partial charge in [-0.1, -0.05) is 50.2 Å². The van der Waals surface area contributed by atoms with Gasteiger partial charge in [-0.25, -0.2) is 16.2 Å². The molecule has 0 aliphatic heterocycles. The summed E-state index contributed by atoms with van der Waals surface area (Å²) in [6, 6.07) is 14.0. The summed E-state index contributed by atoms with van der Waals surface area (Å²) in [6.07, 6.45) is 0. The lowest BCUT2D eigenvalue weighted by Crippen LogP contribution is -2.07. The molecule has 0 spiro atoms. The maximum absolute atomic E-state index is 11.8. The first-order valence-corrected chi connectivity index (χ1v) is 7.71. The van der Waals surface area contributed by atoms with Crippen LogP contribution in [0.25, 0.3) is 16.0 Å². The average molecular weight is 341 g/mol. The van der Waals surface area contributed by atoms with Gasteiger partial charge in [0.05, 0.1) is 25.3 Å². The van der Waals surface area contributed by atoms with E-state index >= 15 is 0 Å². The van der Waals surface area contributed by atoms with Crippen LogP contribution in [0.3, 0.4) is 0 Å². The maximum atomic E-state index is 11.8. The summed E-state index contributed by atoms with van der Waals surface area (Å²) < 4.78 is 9.54. The first kappa shape index (κ1) is 21.9. The predicted octanol–water partition coefficient (Wildman–Crippen LogP) is 4.49. The molecule has 2 aromatic rings. The topological polar surface area (TPSA) is 57.0 Å². The Morgan fingerprint density at radius 1 is 0.800 bits per heavy atom. The SMILES string of the molecule is CC.COC(=O)c1ccccc1-c1ccccc1C(=O)OC.[C-]#[N+]C. The second kappa shape index (κ2) is 12.3. The zero-order valence-corrected chi connectivity index (χ0v) is 15.2. The van der Waals surface area contributed by atoms with Crippen molar-refractivity contribution in [3.63, 3.8) is 0 Å². The molecular weight excluding hydrogens is 318 g/mol. The van der Waals surface area contributed by atoms with Gasteiger partial charge < -0.3 is 14.3 Å². The quantitative estimate of drug-likeness (QED) is 0.610. The molecular formula is C20H23NO4. The second-order valence-electron chi connectivity index (χ2n) is 4.30. The van der Waals surface area contributed by atoms with Crippen molar-refractivity contribution in [3.8, 4) is 11.1 Å². The molecule has 0 aromatic heterocycles. The van der Waals surface area contributed by atoms with E-state index in [1.54, 1.807) is 48.5 Å². The fourth-order valence-corrected chi connectivity index (χ4v) is 2.01. The van der Waals surface area contributed by atoms with Gasteiger partial charge in [-0.15, -0.1) is 0 Å². The Bertz CT molecular complexity index is 675. The first-order valence-electron chi connectivity index (χ1n) is 7.71. The molecule has 0 aliphatic rings. The second-order valence-corrected chi connectivity index (χ2v) is 4.30. The van der Waals surface area contributed by atoms with Crippen LogP contribution in [0.5, 0.6) is 0 Å². The fraction of sp³-hybridized carbons (Fsp3) is 0.250. The largest absolute Gasteiger partial charge is 0.465 e. The monoisotopic (exact) mass is 341 g/mol. The Morgan fingerprint density at radius 3 is 1.36 bits per heavy atom. The molecule has 0 fully saturated rings. The van der Waals surface area contributed by atoms with E-state index in [9.17, 15) is 9.59 Å². The van der Waals surface area contributed by atoms with E-state index in [1.165, 1.54) is 21.3 Å². The molecule has 2 aromatic carbocycles. The lowest BCUT2D eigenvalue weighted by Gasteiger charge is -2.11. The molecule has 0 N–H and O–H groups in total. The minimum Gasteiger partial charge on any atom is -0.465 e. The van der Waals surface area contributed by atoms with Crippen molar-refractivity contribution < 1.29 is 19.1 Å². The Hall–Kier alpha value is -3.13. The third kappa shape index (κ3) is 6.11. The summed E-state index contributed by atoms with van der Waals surface area (Å²) in [6.45, 7) is 9.83. The van der Waals surface area contributed by atoms with Crippen molar-refractivity contribution in [1.29, 1.82) is 0 Å². The Labute approximate surface area is 149 Å². The van der Waals surface area contributed by atoms with Gasteiger partial charge >= 0.3 is 11.9 Å². The van der Waals surface area contributed by atoms with Gasteiger partial charge in [-0.3, -0.25) is 0 Å². The molecule has 0 amide bonds. The number of nitrogens with zero attached hydrogens (tertiary/aromatic N) is 1. The molecule has 0 bridgehead atoms. The Kier molecular flexibility index (Phi) is 10.8. The van der Waals surface area contributed by atoms with Crippen molar-refractivity contribution in [1.82, 2.24) is 0 Å². The number of hydrogen-bond acceptors (Lipinski definition) is 4. The van der Waals surface area contributed by atoms with Crippen LogP contribution >= 0.6 is 0 Å². The van der Waals surface area contributed by atoms with Crippen LogP contribution in [-0.4, -0.2) is 33.2 Å². The molecule has 132 valence electrons. The van der Waals surface area contributed by atoms with Crippen LogP contribution in [0.15, 0.2) is 48.5 Å². The van der Waals surface area contributed by atoms with Gasteiger partial charge in [-0.05, 0) is 23.3 Å². The molecule has 2 rings (SSSR count). The number of methoxy groups -OCH3 is 2. The maximum Gasteiger partial charge on any atom is 0.338 e. The zero-order chi connectivity index (χ0) is 19.2. The van der Waals surface area contributed by atoms with Crippen molar-refractivity contribution >= 4 is 11.9 Å². The number of carbonyl (C=O) groups excluding carboxylic acids is 2. The van der Waals surface area contributed by atoms with Crippen molar-refractivity contribution in [2.75, 3.05) is 21.3 Å². The third-order valence-corrected chi connectivity index (χ3v) is 2.95. The highest BCUT2D eigenvalue weighted by Crippen LogP contribution is 2.28.